The van der Waals surface area contributed by atoms with Crippen molar-refractivity contribution in [3.8, 4) is 12.3 Å². The van der Waals surface area contributed by atoms with Crippen LogP contribution in [0.2, 0.25) is 0 Å². The quantitative estimate of drug-likeness (QED) is 0.795. The molecular formula is C15H16N2O3. The number of rotatable bonds is 3. The van der Waals surface area contributed by atoms with Crippen LogP contribution in [0.15, 0.2) is 18.2 Å². The van der Waals surface area contributed by atoms with Crippen molar-refractivity contribution in [1.29, 1.82) is 0 Å². The maximum absolute atomic E-state index is 12.3. The van der Waals surface area contributed by atoms with E-state index >= 15 is 0 Å². The van der Waals surface area contributed by atoms with Crippen LogP contribution in [-0.4, -0.2) is 29.1 Å². The third-order valence-electron chi connectivity index (χ3n) is 3.51. The minimum atomic E-state index is -1.04. The Kier molecular flexibility index (Phi) is 3.77. The zero-order chi connectivity index (χ0) is 14.9. The first-order chi connectivity index (χ1) is 9.49. The standard InChI is InChI=1S/C15H16N2O3/c1-3-9-5-6-12-10(7-9)8-13(15(19)20)17(12)14(18)11(16)4-2/h1,5-7,11,13H,4,8,16H2,2H3,(H,19,20)/t11-,13+/m0/s1. The molecule has 0 unspecified atom stereocenters. The number of hydrogen-bond donors (Lipinski definition) is 2. The van der Waals surface area contributed by atoms with Gasteiger partial charge in [-0.05, 0) is 30.2 Å². The first-order valence-electron chi connectivity index (χ1n) is 6.40. The number of hydrogen-bond acceptors (Lipinski definition) is 3. The SMILES string of the molecule is C#Cc1ccc2c(c1)C[C@H](C(=O)O)N2C(=O)[C@@H](N)CC. The van der Waals surface area contributed by atoms with Gasteiger partial charge >= 0.3 is 5.97 Å². The number of aliphatic carboxylic acids is 1. The van der Waals surface area contributed by atoms with Crippen LogP contribution in [0.25, 0.3) is 0 Å². The van der Waals surface area contributed by atoms with Gasteiger partial charge in [-0.25, -0.2) is 4.79 Å². The lowest BCUT2D eigenvalue weighted by atomic mass is 10.1. The predicted octanol–water partition coefficient (Wildman–Crippen LogP) is 0.747. The molecule has 0 fully saturated rings. The fourth-order valence-electron chi connectivity index (χ4n) is 2.36. The summed E-state index contributed by atoms with van der Waals surface area (Å²) in [6, 6.07) is 3.52. The van der Waals surface area contributed by atoms with Crippen molar-refractivity contribution in [2.24, 2.45) is 5.73 Å². The Labute approximate surface area is 117 Å². The van der Waals surface area contributed by atoms with Gasteiger partial charge in [0.05, 0.1) is 6.04 Å². The molecule has 0 saturated heterocycles. The monoisotopic (exact) mass is 272 g/mol. The second-order valence-electron chi connectivity index (χ2n) is 4.77. The maximum atomic E-state index is 12.3. The van der Waals surface area contributed by atoms with E-state index in [1.165, 1.54) is 4.90 Å². The number of carboxylic acids is 1. The molecule has 3 N–H and O–H groups in total. The van der Waals surface area contributed by atoms with Crippen LogP contribution in [-0.2, 0) is 16.0 Å². The summed E-state index contributed by atoms with van der Waals surface area (Å²) < 4.78 is 0. The summed E-state index contributed by atoms with van der Waals surface area (Å²) in [5.74, 6) is 1.09. The molecule has 0 saturated carbocycles. The molecule has 1 aromatic carbocycles. The molecule has 0 aromatic heterocycles. The van der Waals surface area contributed by atoms with Crippen molar-refractivity contribution in [3.63, 3.8) is 0 Å². The van der Waals surface area contributed by atoms with Gasteiger partial charge in [0.25, 0.3) is 0 Å². The molecular weight excluding hydrogens is 256 g/mol. The van der Waals surface area contributed by atoms with E-state index in [0.717, 1.165) is 5.56 Å². The molecule has 20 heavy (non-hydrogen) atoms. The molecule has 0 radical (unpaired) electrons. The van der Waals surface area contributed by atoms with E-state index in [-0.39, 0.29) is 12.3 Å². The van der Waals surface area contributed by atoms with Crippen molar-refractivity contribution in [1.82, 2.24) is 0 Å². The molecule has 2 rings (SSSR count). The molecule has 2 atom stereocenters. The summed E-state index contributed by atoms with van der Waals surface area (Å²) >= 11 is 0. The molecule has 1 aliphatic heterocycles. The van der Waals surface area contributed by atoms with Crippen molar-refractivity contribution >= 4 is 17.6 Å². The minimum absolute atomic E-state index is 0.252. The molecule has 1 heterocycles. The number of fused-ring (bicyclic) bond motifs is 1. The van der Waals surface area contributed by atoms with Gasteiger partial charge in [-0.2, -0.15) is 0 Å². The highest BCUT2D eigenvalue weighted by molar-refractivity contribution is 6.04. The molecule has 1 aromatic rings. The van der Waals surface area contributed by atoms with E-state index in [1.54, 1.807) is 25.1 Å². The lowest BCUT2D eigenvalue weighted by Gasteiger charge is -2.25. The molecule has 1 amide bonds. The van der Waals surface area contributed by atoms with Crippen LogP contribution in [0.4, 0.5) is 5.69 Å². The van der Waals surface area contributed by atoms with E-state index in [4.69, 9.17) is 12.2 Å². The second-order valence-corrected chi connectivity index (χ2v) is 4.77. The summed E-state index contributed by atoms with van der Waals surface area (Å²) in [5.41, 5.74) is 7.78. The summed E-state index contributed by atoms with van der Waals surface area (Å²) in [5, 5.41) is 9.31. The third-order valence-corrected chi connectivity index (χ3v) is 3.51. The number of benzene rings is 1. The molecule has 5 nitrogen and oxygen atoms in total. The van der Waals surface area contributed by atoms with Crippen LogP contribution >= 0.6 is 0 Å². The van der Waals surface area contributed by atoms with Gasteiger partial charge in [-0.15, -0.1) is 6.42 Å². The van der Waals surface area contributed by atoms with Gasteiger partial charge in [-0.1, -0.05) is 12.8 Å². The largest absolute Gasteiger partial charge is 0.480 e. The Morgan fingerprint density at radius 2 is 2.30 bits per heavy atom. The molecule has 104 valence electrons. The third kappa shape index (κ3) is 2.26. The topological polar surface area (TPSA) is 83.6 Å². The van der Waals surface area contributed by atoms with Crippen LogP contribution in [0.5, 0.6) is 0 Å². The Hall–Kier alpha value is -2.32. The number of carboxylic acid groups (broad SMARTS) is 1. The average molecular weight is 272 g/mol. The van der Waals surface area contributed by atoms with Crippen molar-refractivity contribution in [2.45, 2.75) is 31.8 Å². The van der Waals surface area contributed by atoms with Crippen LogP contribution in [0.1, 0.15) is 24.5 Å². The number of nitrogens with two attached hydrogens (primary N) is 1. The highest BCUT2D eigenvalue weighted by atomic mass is 16.4. The molecule has 0 bridgehead atoms. The van der Waals surface area contributed by atoms with Gasteiger partial charge in [0.2, 0.25) is 5.91 Å². The first-order valence-corrected chi connectivity index (χ1v) is 6.40. The van der Waals surface area contributed by atoms with E-state index in [1.807, 2.05) is 0 Å². The average Bonchev–Trinajstić information content (AvgIpc) is 2.83. The van der Waals surface area contributed by atoms with Crippen molar-refractivity contribution in [2.75, 3.05) is 4.90 Å². The summed E-state index contributed by atoms with van der Waals surface area (Å²) in [4.78, 5) is 25.0. The van der Waals surface area contributed by atoms with Gasteiger partial charge in [0, 0.05) is 17.7 Å². The predicted molar refractivity (Wildman–Crippen MR) is 75.3 cm³/mol. The zero-order valence-electron chi connectivity index (χ0n) is 11.2. The number of carbonyl (C=O) groups excluding carboxylic acids is 1. The number of nitrogens with zero attached hydrogens (tertiary/aromatic N) is 1. The minimum Gasteiger partial charge on any atom is -0.480 e. The number of anilines is 1. The Bertz CT molecular complexity index is 604. The number of amides is 1. The van der Waals surface area contributed by atoms with E-state index in [2.05, 4.69) is 5.92 Å². The maximum Gasteiger partial charge on any atom is 0.327 e. The highest BCUT2D eigenvalue weighted by Crippen LogP contribution is 2.33. The van der Waals surface area contributed by atoms with E-state index in [0.29, 0.717) is 17.7 Å². The van der Waals surface area contributed by atoms with Gasteiger partial charge in [0.15, 0.2) is 0 Å². The van der Waals surface area contributed by atoms with Crippen LogP contribution in [0, 0.1) is 12.3 Å². The lowest BCUT2D eigenvalue weighted by Crippen LogP contribution is -2.49. The van der Waals surface area contributed by atoms with E-state index in [9.17, 15) is 14.7 Å². The van der Waals surface area contributed by atoms with Gasteiger partial charge in [0.1, 0.15) is 6.04 Å². The van der Waals surface area contributed by atoms with Crippen molar-refractivity contribution < 1.29 is 14.7 Å². The Morgan fingerprint density at radius 3 is 2.85 bits per heavy atom. The smallest absolute Gasteiger partial charge is 0.327 e. The molecule has 5 heteroatoms. The number of terminal acetylenes is 1. The Morgan fingerprint density at radius 1 is 1.60 bits per heavy atom. The number of carbonyl (C=O) groups is 2. The molecule has 0 spiro atoms. The fraction of sp³-hybridized carbons (Fsp3) is 0.333. The summed E-state index contributed by atoms with van der Waals surface area (Å²) in [6.45, 7) is 1.79. The van der Waals surface area contributed by atoms with E-state index < -0.39 is 18.1 Å². The normalized spacial score (nSPS) is 18.2. The highest BCUT2D eigenvalue weighted by Gasteiger charge is 2.39. The fourth-order valence-corrected chi connectivity index (χ4v) is 2.36. The summed E-state index contributed by atoms with van der Waals surface area (Å²) in [7, 11) is 0. The van der Waals surface area contributed by atoms with Gasteiger partial charge in [-0.3, -0.25) is 9.69 Å². The van der Waals surface area contributed by atoms with Crippen LogP contribution < -0.4 is 10.6 Å². The van der Waals surface area contributed by atoms with Gasteiger partial charge < -0.3 is 10.8 Å². The van der Waals surface area contributed by atoms with Crippen LogP contribution in [0.3, 0.4) is 0 Å². The summed E-state index contributed by atoms with van der Waals surface area (Å²) in [6.07, 6.45) is 6.05. The zero-order valence-corrected chi connectivity index (χ0v) is 11.2. The van der Waals surface area contributed by atoms with Crippen molar-refractivity contribution in [3.05, 3.63) is 29.3 Å². The lowest BCUT2D eigenvalue weighted by molar-refractivity contribution is -0.140. The Balaban J connectivity index is 2.46. The molecule has 0 aliphatic carbocycles. The second kappa shape index (κ2) is 5.35. The first kappa shape index (κ1) is 14.1. The molecule has 1 aliphatic rings.